The van der Waals surface area contributed by atoms with Crippen LogP contribution in [0.25, 0.3) is 5.57 Å². The van der Waals surface area contributed by atoms with Crippen LogP contribution in [-0.2, 0) is 28.2 Å². The quantitative estimate of drug-likeness (QED) is 0.782. The molecule has 0 N–H and O–H groups in total. The number of benzene rings is 1. The average Bonchev–Trinajstić information content (AvgIpc) is 2.76. The summed E-state index contributed by atoms with van der Waals surface area (Å²) in [5.74, 6) is -0.598. The second kappa shape index (κ2) is 5.54. The summed E-state index contributed by atoms with van der Waals surface area (Å²) in [6, 6.07) is 9.23. The number of ether oxygens (including phenoxy) is 1. The Hall–Kier alpha value is -1.66. The van der Waals surface area contributed by atoms with E-state index in [0.717, 1.165) is 11.1 Å². The lowest BCUT2D eigenvalue weighted by Gasteiger charge is -2.07. The van der Waals surface area contributed by atoms with E-state index in [0.29, 0.717) is 5.57 Å². The number of methoxy groups -OCH3 is 1. The monoisotopic (exact) mass is 296 g/mol. The topological polar surface area (TPSA) is 60.4 Å². The van der Waals surface area contributed by atoms with Crippen molar-refractivity contribution in [3.05, 3.63) is 51.8 Å². The summed E-state index contributed by atoms with van der Waals surface area (Å²) < 4.78 is 27.3. The predicted octanol–water partition coefficient (Wildman–Crippen LogP) is 1.90. The summed E-state index contributed by atoms with van der Waals surface area (Å²) in [5, 5.41) is 1.59. The molecule has 100 valence electrons. The van der Waals surface area contributed by atoms with Crippen molar-refractivity contribution in [1.29, 1.82) is 0 Å². The van der Waals surface area contributed by atoms with Gasteiger partial charge in [0.15, 0.2) is 0 Å². The summed E-state index contributed by atoms with van der Waals surface area (Å²) >= 11 is 0. The van der Waals surface area contributed by atoms with Crippen molar-refractivity contribution < 1.29 is 17.9 Å². The number of rotatable bonds is 2. The molecule has 1 aromatic carbocycles. The second-order valence-corrected chi connectivity index (χ2v) is 7.40. The fourth-order valence-corrected chi connectivity index (χ4v) is 4.94. The molecule has 0 radical (unpaired) electrons. The van der Waals surface area contributed by atoms with Crippen molar-refractivity contribution in [2.75, 3.05) is 7.11 Å². The van der Waals surface area contributed by atoms with E-state index in [1.807, 2.05) is 30.3 Å². The van der Waals surface area contributed by atoms with Gasteiger partial charge in [-0.25, -0.2) is 4.79 Å². The fourth-order valence-electron chi connectivity index (χ4n) is 1.91. The van der Waals surface area contributed by atoms with E-state index in [1.54, 1.807) is 12.3 Å². The first-order valence-electron chi connectivity index (χ1n) is 5.46. The van der Waals surface area contributed by atoms with Gasteiger partial charge in [-0.3, -0.25) is 0 Å². The molecule has 1 aliphatic heterocycles. The summed E-state index contributed by atoms with van der Waals surface area (Å²) in [5.41, 5.74) is 2.25. The fraction of sp³-hybridized carbons (Fsp3) is 0.154. The molecule has 0 saturated heterocycles. The van der Waals surface area contributed by atoms with Gasteiger partial charge in [-0.1, -0.05) is 30.3 Å². The van der Waals surface area contributed by atoms with E-state index in [-0.39, 0.29) is 4.91 Å². The molecule has 0 amide bonds. The van der Waals surface area contributed by atoms with E-state index in [1.165, 1.54) is 7.11 Å². The van der Waals surface area contributed by atoms with Gasteiger partial charge in [-0.2, -0.15) is 8.42 Å². The number of esters is 1. The molecule has 1 heterocycles. The normalized spacial score (nSPS) is 18.2. The third kappa shape index (κ3) is 2.54. The van der Waals surface area contributed by atoms with Gasteiger partial charge in [-0.05, 0) is 32.9 Å². The molecule has 1 atom stereocenters. The van der Waals surface area contributed by atoms with Gasteiger partial charge in [0, 0.05) is 5.57 Å². The van der Waals surface area contributed by atoms with Crippen LogP contribution < -0.4 is 0 Å². The molecule has 19 heavy (non-hydrogen) atoms. The highest BCUT2D eigenvalue weighted by Gasteiger charge is 2.28. The third-order valence-corrected chi connectivity index (χ3v) is 5.99. The highest BCUT2D eigenvalue weighted by atomic mass is 32.9. The Morgan fingerprint density at radius 3 is 2.37 bits per heavy atom. The Balaban J connectivity index is 2.78. The largest absolute Gasteiger partial charge is 0.465 e. The van der Waals surface area contributed by atoms with Gasteiger partial charge in [0.25, 0.3) is 0 Å². The minimum atomic E-state index is -2.37. The first kappa shape index (κ1) is 13.8. The van der Waals surface area contributed by atoms with Crippen LogP contribution in [0.1, 0.15) is 12.5 Å². The van der Waals surface area contributed by atoms with E-state index in [2.05, 4.69) is 0 Å². The van der Waals surface area contributed by atoms with Crippen LogP contribution in [0.2, 0.25) is 0 Å². The summed E-state index contributed by atoms with van der Waals surface area (Å²) in [7, 11) is -2.36. The molecule has 6 heteroatoms. The maximum atomic E-state index is 11.9. The van der Waals surface area contributed by atoms with E-state index < -0.39 is 24.7 Å². The molecule has 1 unspecified atom stereocenters. The van der Waals surface area contributed by atoms with Crippen molar-refractivity contribution in [3.63, 3.8) is 0 Å². The number of carbonyl (C=O) groups excluding carboxylic acids is 1. The minimum Gasteiger partial charge on any atom is -0.465 e. The number of hydrogen-bond donors (Lipinski definition) is 0. The van der Waals surface area contributed by atoms with Crippen molar-refractivity contribution in [2.45, 2.75) is 6.92 Å². The van der Waals surface area contributed by atoms with Gasteiger partial charge in [0.1, 0.15) is 4.91 Å². The van der Waals surface area contributed by atoms with Crippen LogP contribution in [0.15, 0.2) is 46.2 Å². The highest BCUT2D eigenvalue weighted by molar-refractivity contribution is 8.38. The highest BCUT2D eigenvalue weighted by Crippen LogP contribution is 2.35. The zero-order valence-corrected chi connectivity index (χ0v) is 12.0. The zero-order chi connectivity index (χ0) is 14.0. The van der Waals surface area contributed by atoms with Crippen LogP contribution in [-0.4, -0.2) is 21.5 Å². The third-order valence-electron chi connectivity index (χ3n) is 2.69. The predicted molar refractivity (Wildman–Crippen MR) is 75.4 cm³/mol. The van der Waals surface area contributed by atoms with Crippen molar-refractivity contribution in [3.8, 4) is 0 Å². The van der Waals surface area contributed by atoms with E-state index >= 15 is 0 Å². The van der Waals surface area contributed by atoms with Crippen LogP contribution in [0, 0.1) is 0 Å². The molecule has 0 saturated carbocycles. The Kier molecular flexibility index (Phi) is 4.01. The average molecular weight is 296 g/mol. The maximum absolute atomic E-state index is 11.9. The standard InChI is InChI=1S/C13H12O4S2/c1-9-8-18(19(15)16)12(13(14)17-2)11(9)10-6-4-3-5-7-10/h3-8H,1-2H3. The van der Waals surface area contributed by atoms with Crippen molar-refractivity contribution in [2.24, 2.45) is 0 Å². The first-order valence-corrected chi connectivity index (χ1v) is 8.34. The Morgan fingerprint density at radius 2 is 1.84 bits per heavy atom. The summed E-state index contributed by atoms with van der Waals surface area (Å²) in [6.45, 7) is 1.80. The SMILES string of the molecule is COC(=O)C1=C(c2ccccc2)C(C)=CS1=S(=O)=O. The number of carbonyl (C=O) groups is 1. The number of allylic oxidation sites excluding steroid dienone is 2. The van der Waals surface area contributed by atoms with Gasteiger partial charge >= 0.3 is 5.97 Å². The van der Waals surface area contributed by atoms with Crippen molar-refractivity contribution >= 4 is 30.3 Å². The summed E-state index contributed by atoms with van der Waals surface area (Å²) in [4.78, 5) is 12.1. The van der Waals surface area contributed by atoms with Gasteiger partial charge in [0.05, 0.1) is 7.11 Å². The summed E-state index contributed by atoms with van der Waals surface area (Å²) in [6.07, 6.45) is 0. The smallest absolute Gasteiger partial charge is 0.345 e. The molecule has 1 aromatic rings. The second-order valence-electron chi connectivity index (χ2n) is 3.86. The lowest BCUT2D eigenvalue weighted by molar-refractivity contribution is -0.135. The molecule has 0 fully saturated rings. The first-order chi connectivity index (χ1) is 9.06. The van der Waals surface area contributed by atoms with E-state index in [4.69, 9.17) is 4.74 Å². The van der Waals surface area contributed by atoms with Gasteiger partial charge in [-0.15, -0.1) is 0 Å². The zero-order valence-electron chi connectivity index (χ0n) is 10.4. The van der Waals surface area contributed by atoms with E-state index in [9.17, 15) is 13.2 Å². The van der Waals surface area contributed by atoms with Crippen LogP contribution in [0.5, 0.6) is 0 Å². The Labute approximate surface area is 114 Å². The van der Waals surface area contributed by atoms with Crippen molar-refractivity contribution in [1.82, 2.24) is 0 Å². The minimum absolute atomic E-state index is 0.208. The molecule has 0 aliphatic carbocycles. The molecule has 0 spiro atoms. The molecule has 2 rings (SSSR count). The van der Waals surface area contributed by atoms with Crippen LogP contribution >= 0.6 is 0 Å². The lowest BCUT2D eigenvalue weighted by atomic mass is 10.00. The molecule has 0 bridgehead atoms. The number of hydrogen-bond acceptors (Lipinski definition) is 4. The Morgan fingerprint density at radius 1 is 1.21 bits per heavy atom. The molecule has 1 aliphatic rings. The maximum Gasteiger partial charge on any atom is 0.345 e. The molecular formula is C13H12O4S2. The molecule has 4 nitrogen and oxygen atoms in total. The van der Waals surface area contributed by atoms with Crippen LogP contribution in [0.4, 0.5) is 0 Å². The Bertz CT molecular complexity index is 717. The molecule has 0 aromatic heterocycles. The molecular weight excluding hydrogens is 284 g/mol. The van der Waals surface area contributed by atoms with Crippen LogP contribution in [0.3, 0.4) is 0 Å². The van der Waals surface area contributed by atoms with Gasteiger partial charge < -0.3 is 4.74 Å². The lowest BCUT2D eigenvalue weighted by Crippen LogP contribution is -2.08. The van der Waals surface area contributed by atoms with Gasteiger partial charge in [0.2, 0.25) is 9.26 Å².